The van der Waals surface area contributed by atoms with E-state index in [9.17, 15) is 14.4 Å². The van der Waals surface area contributed by atoms with Crippen LogP contribution >= 0.6 is 23.5 Å². The van der Waals surface area contributed by atoms with Gasteiger partial charge in [0, 0.05) is 0 Å². The van der Waals surface area contributed by atoms with Crippen molar-refractivity contribution in [2.75, 3.05) is 31.5 Å². The number of hydrogen-bond acceptors (Lipinski definition) is 11. The van der Waals surface area contributed by atoms with E-state index in [1.54, 1.807) is 26.3 Å². The summed E-state index contributed by atoms with van der Waals surface area (Å²) in [5, 5.41) is 26.8. The number of nitrogens with two attached hydrogens (primary N) is 1. The van der Waals surface area contributed by atoms with Crippen LogP contribution in [0.5, 0.6) is 0 Å². The number of aromatic amines is 3. The van der Waals surface area contributed by atoms with Gasteiger partial charge in [-0.1, -0.05) is 0 Å². The van der Waals surface area contributed by atoms with Gasteiger partial charge in [0.15, 0.2) is 17.1 Å². The van der Waals surface area contributed by atoms with Crippen LogP contribution in [0.1, 0.15) is 45.3 Å². The first kappa shape index (κ1) is 27.6. The van der Waals surface area contributed by atoms with Crippen LogP contribution in [0.15, 0.2) is 28.4 Å². The Balaban J connectivity index is 0.000000249. The number of nitrogens with zero attached hydrogens (tertiary/aromatic N) is 3. The predicted octanol–water partition coefficient (Wildman–Crippen LogP) is 2.31. The lowest BCUT2D eigenvalue weighted by Crippen LogP contribution is -2.07. The molecule has 0 unspecified atom stereocenters. The number of anilines is 1. The number of aromatic carboxylic acids is 1. The Kier molecular flexibility index (Phi) is 12.2. The highest BCUT2D eigenvalue weighted by Gasteiger charge is 2.13. The van der Waals surface area contributed by atoms with Gasteiger partial charge in [-0.2, -0.15) is 15.3 Å². The van der Waals surface area contributed by atoms with Crippen molar-refractivity contribution in [3.63, 3.8) is 0 Å². The van der Waals surface area contributed by atoms with E-state index in [1.165, 1.54) is 35.9 Å². The summed E-state index contributed by atoms with van der Waals surface area (Å²) in [5.41, 5.74) is 6.49. The molecule has 33 heavy (non-hydrogen) atoms. The Labute approximate surface area is 197 Å². The van der Waals surface area contributed by atoms with Crippen LogP contribution in [-0.4, -0.2) is 79.3 Å². The number of esters is 2. The fourth-order valence-corrected chi connectivity index (χ4v) is 3.01. The molecule has 0 radical (unpaired) electrons. The van der Waals surface area contributed by atoms with Crippen molar-refractivity contribution >= 4 is 47.1 Å². The monoisotopic (exact) mass is 499 g/mol. The van der Waals surface area contributed by atoms with Gasteiger partial charge in [0.25, 0.3) is 0 Å². The van der Waals surface area contributed by atoms with Gasteiger partial charge in [-0.15, -0.1) is 23.5 Å². The smallest absolute Gasteiger partial charge is 0.358 e. The third-order valence-corrected chi connectivity index (χ3v) is 4.99. The van der Waals surface area contributed by atoms with E-state index in [-0.39, 0.29) is 17.4 Å². The molecular weight excluding hydrogens is 474 g/mol. The molecule has 0 spiro atoms. The lowest BCUT2D eigenvalue weighted by atomic mass is 10.4. The summed E-state index contributed by atoms with van der Waals surface area (Å²) in [6.07, 6.45) is 8.15. The van der Waals surface area contributed by atoms with Gasteiger partial charge in [0.1, 0.15) is 0 Å². The summed E-state index contributed by atoms with van der Waals surface area (Å²) in [6, 6.07) is 0. The molecule has 0 aromatic carbocycles. The number of carbonyl (C=O) groups excluding carboxylic acids is 2. The molecule has 13 nitrogen and oxygen atoms in total. The highest BCUT2D eigenvalue weighted by molar-refractivity contribution is 7.98. The summed E-state index contributed by atoms with van der Waals surface area (Å²) >= 11 is 2.82. The summed E-state index contributed by atoms with van der Waals surface area (Å²) in [5.74, 6) is -1.79. The molecule has 15 heteroatoms. The number of rotatable bonds is 7. The maximum absolute atomic E-state index is 11.2. The number of hydrogen-bond donors (Lipinski definition) is 5. The molecule has 0 aliphatic rings. The highest BCUT2D eigenvalue weighted by Crippen LogP contribution is 2.18. The molecule has 0 fully saturated rings. The fraction of sp³-hybridized carbons (Fsp3) is 0.333. The highest BCUT2D eigenvalue weighted by atomic mass is 32.2. The summed E-state index contributed by atoms with van der Waals surface area (Å²) in [7, 11) is 0. The third-order valence-electron chi connectivity index (χ3n) is 3.49. The second kappa shape index (κ2) is 14.6. The van der Waals surface area contributed by atoms with Gasteiger partial charge in [-0.05, 0) is 26.4 Å². The number of aromatic nitrogens is 6. The molecule has 6 N–H and O–H groups in total. The first-order chi connectivity index (χ1) is 15.8. The van der Waals surface area contributed by atoms with Crippen LogP contribution in [0.4, 0.5) is 5.69 Å². The normalized spacial score (nSPS) is 9.70. The zero-order valence-corrected chi connectivity index (χ0v) is 20.0. The minimum Gasteiger partial charge on any atom is -0.476 e. The first-order valence-corrected chi connectivity index (χ1v) is 11.8. The molecule has 0 amide bonds. The molecule has 0 aliphatic heterocycles. The number of carbonyl (C=O) groups is 3. The SMILES string of the molecule is CCOC(=O)c1[nH]ncc1N.CCOC(=O)c1[nH]ncc1SC.CSc1cn[nH]c1C(=O)O. The molecule has 0 bridgehead atoms. The Hall–Kier alpha value is -3.46. The fourth-order valence-electron chi connectivity index (χ4n) is 2.02. The van der Waals surface area contributed by atoms with Crippen LogP contribution < -0.4 is 5.73 Å². The van der Waals surface area contributed by atoms with Gasteiger partial charge in [0.2, 0.25) is 0 Å². The lowest BCUT2D eigenvalue weighted by molar-refractivity contribution is 0.0508. The molecule has 0 atom stereocenters. The van der Waals surface area contributed by atoms with E-state index in [1.807, 2.05) is 6.26 Å². The second-order valence-corrected chi connectivity index (χ2v) is 7.27. The number of nitrogens with one attached hydrogen (secondary N) is 3. The van der Waals surface area contributed by atoms with E-state index in [0.29, 0.717) is 29.5 Å². The zero-order valence-electron chi connectivity index (χ0n) is 18.4. The van der Waals surface area contributed by atoms with Crippen LogP contribution in [-0.2, 0) is 9.47 Å². The largest absolute Gasteiger partial charge is 0.476 e. The molecule has 0 aliphatic carbocycles. The van der Waals surface area contributed by atoms with Crippen LogP contribution in [0.25, 0.3) is 0 Å². The van der Waals surface area contributed by atoms with Gasteiger partial charge >= 0.3 is 17.9 Å². The Morgan fingerprint density at radius 2 is 1.27 bits per heavy atom. The number of nitrogen functional groups attached to an aromatic ring is 1. The summed E-state index contributed by atoms with van der Waals surface area (Å²) < 4.78 is 9.48. The third kappa shape index (κ3) is 8.53. The van der Waals surface area contributed by atoms with Gasteiger partial charge in [0.05, 0.1) is 47.3 Å². The summed E-state index contributed by atoms with van der Waals surface area (Å²) in [6.45, 7) is 4.21. The molecule has 3 heterocycles. The predicted molar refractivity (Wildman–Crippen MR) is 123 cm³/mol. The van der Waals surface area contributed by atoms with Crippen molar-refractivity contribution in [2.45, 2.75) is 23.6 Å². The van der Waals surface area contributed by atoms with Crippen molar-refractivity contribution in [1.82, 2.24) is 30.6 Å². The number of H-pyrrole nitrogens is 3. The maximum atomic E-state index is 11.2. The van der Waals surface area contributed by atoms with Gasteiger partial charge in [-0.25, -0.2) is 14.4 Å². The lowest BCUT2D eigenvalue weighted by Gasteiger charge is -1.99. The van der Waals surface area contributed by atoms with E-state index in [2.05, 4.69) is 35.3 Å². The Bertz CT molecular complexity index is 1030. The molecule has 3 rings (SSSR count). The average molecular weight is 500 g/mol. The van der Waals surface area contributed by atoms with E-state index < -0.39 is 11.9 Å². The molecule has 0 saturated heterocycles. The zero-order chi connectivity index (χ0) is 24.8. The Morgan fingerprint density at radius 1 is 0.848 bits per heavy atom. The standard InChI is InChI=1S/C7H10N2O2S.C6H9N3O2.C5H6N2O2S/c1-3-11-7(10)6-5(12-2)4-8-9-6;1-2-11-6(10)5-4(7)3-8-9-5;1-10-3-2-6-7-4(3)5(8)9/h4H,3H2,1-2H3,(H,8,9);3H,2,7H2,1H3,(H,8,9);2H,1H3,(H,6,7)(H,8,9). The van der Waals surface area contributed by atoms with E-state index in [0.717, 1.165) is 4.90 Å². The second-order valence-electron chi connectivity index (χ2n) is 5.57. The molecular formula is C18H25N7O6S2. The molecule has 3 aromatic rings. The number of carboxylic acid groups (broad SMARTS) is 1. The average Bonchev–Trinajstić information content (AvgIpc) is 3.54. The first-order valence-electron chi connectivity index (χ1n) is 9.31. The van der Waals surface area contributed by atoms with Crippen molar-refractivity contribution < 1.29 is 29.0 Å². The quantitative estimate of drug-likeness (QED) is 0.235. The minimum absolute atomic E-state index is 0.160. The summed E-state index contributed by atoms with van der Waals surface area (Å²) in [4.78, 5) is 34.0. The number of ether oxygens (including phenoxy) is 2. The van der Waals surface area contributed by atoms with Gasteiger partial charge < -0.3 is 20.3 Å². The molecule has 3 aromatic heterocycles. The van der Waals surface area contributed by atoms with Crippen LogP contribution in [0, 0.1) is 0 Å². The minimum atomic E-state index is -0.971. The molecule has 180 valence electrons. The van der Waals surface area contributed by atoms with Crippen LogP contribution in [0.2, 0.25) is 0 Å². The van der Waals surface area contributed by atoms with Crippen molar-refractivity contribution in [1.29, 1.82) is 0 Å². The van der Waals surface area contributed by atoms with Crippen molar-refractivity contribution in [3.8, 4) is 0 Å². The number of carboxylic acids is 1. The maximum Gasteiger partial charge on any atom is 0.358 e. The van der Waals surface area contributed by atoms with Crippen molar-refractivity contribution in [2.24, 2.45) is 0 Å². The number of thioether (sulfide) groups is 2. The topological polar surface area (TPSA) is 202 Å². The Morgan fingerprint density at radius 3 is 1.67 bits per heavy atom. The van der Waals surface area contributed by atoms with Gasteiger partial charge in [-0.3, -0.25) is 15.3 Å². The van der Waals surface area contributed by atoms with E-state index >= 15 is 0 Å². The van der Waals surface area contributed by atoms with Crippen LogP contribution in [0.3, 0.4) is 0 Å². The van der Waals surface area contributed by atoms with Crippen molar-refractivity contribution in [3.05, 3.63) is 35.7 Å². The van der Waals surface area contributed by atoms with E-state index in [4.69, 9.17) is 15.6 Å². The molecule has 0 saturated carbocycles.